The number of hydrogen-bond donors (Lipinski definition) is 4. The fraction of sp³-hybridized carbons (Fsp3) is 0.212. The Morgan fingerprint density at radius 3 is 1.21 bits per heavy atom. The minimum Gasteiger partial charge on any atom is -0.504 e. The molecule has 5 rings (SSSR count). The first kappa shape index (κ1) is 36.7. The summed E-state index contributed by atoms with van der Waals surface area (Å²) >= 11 is 0. The van der Waals surface area contributed by atoms with Crippen LogP contribution in [0.5, 0.6) is 57.5 Å². The normalized spacial score (nSPS) is 12.5. The zero-order valence-corrected chi connectivity index (χ0v) is 28.0. The van der Waals surface area contributed by atoms with E-state index in [1.807, 2.05) is 0 Å². The molecule has 4 aromatic rings. The van der Waals surface area contributed by atoms with Gasteiger partial charge >= 0.3 is 0 Å². The average Bonchev–Trinajstić information content (AvgIpc) is 3.32. The number of phenols is 4. The molecule has 254 valence electrons. The molecule has 0 spiro atoms. The molecule has 1 aliphatic rings. The third kappa shape index (κ3) is 5.95. The summed E-state index contributed by atoms with van der Waals surface area (Å²) in [5.41, 5.74) is 0.536. The third-order valence-corrected chi connectivity index (χ3v) is 7.53. The molecule has 0 saturated heterocycles. The van der Waals surface area contributed by atoms with E-state index in [2.05, 4.69) is 0 Å². The molecule has 0 bridgehead atoms. The van der Waals surface area contributed by atoms with Crippen LogP contribution in [0.4, 0.5) is 0 Å². The molecule has 0 radical (unpaired) electrons. The Morgan fingerprint density at radius 2 is 0.894 bits per heavy atom. The van der Waals surface area contributed by atoms with Crippen LogP contribution < -0.4 is 28.4 Å². The van der Waals surface area contributed by atoms with E-state index in [1.54, 1.807) is 36.4 Å². The summed E-state index contributed by atoms with van der Waals surface area (Å²) in [4.78, 5) is 9.89. The Morgan fingerprint density at radius 1 is 0.532 bits per heavy atom. The van der Waals surface area contributed by atoms with E-state index in [9.17, 15) is 20.4 Å². The van der Waals surface area contributed by atoms with Crippen LogP contribution in [0.2, 0.25) is 0 Å². The average molecular weight is 734 g/mol. The van der Waals surface area contributed by atoms with Crippen LogP contribution in [0.25, 0.3) is 11.1 Å². The van der Waals surface area contributed by atoms with Gasteiger partial charge in [-0.1, -0.05) is 12.1 Å². The van der Waals surface area contributed by atoms with Crippen molar-refractivity contribution in [2.75, 3.05) is 42.7 Å². The molecule has 1 aliphatic carbocycles. The van der Waals surface area contributed by atoms with Gasteiger partial charge in [-0.15, -0.1) is 0 Å². The minimum atomic E-state index is -1.69. The van der Waals surface area contributed by atoms with Gasteiger partial charge in [-0.25, -0.2) is 0 Å². The number of benzene rings is 4. The van der Waals surface area contributed by atoms with Gasteiger partial charge in [0.1, 0.15) is 0 Å². The second-order valence-electron chi connectivity index (χ2n) is 9.75. The summed E-state index contributed by atoms with van der Waals surface area (Å²) in [6, 6.07) is 12.3. The Hall–Kier alpha value is -4.79. The first-order chi connectivity index (χ1) is 21.7. The number of para-hydroxylation sites is 2. The predicted octanol–water partition coefficient (Wildman–Crippen LogP) is 4.98. The van der Waals surface area contributed by atoms with Gasteiger partial charge < -0.3 is 48.8 Å². The maximum absolute atomic E-state index is 10.6. The van der Waals surface area contributed by atoms with Crippen molar-refractivity contribution in [1.82, 2.24) is 0 Å². The van der Waals surface area contributed by atoms with E-state index in [0.29, 0.717) is 45.3 Å². The molecule has 0 aromatic heterocycles. The molecule has 4 aromatic carbocycles. The monoisotopic (exact) mass is 732 g/mol. The SMILES string of the molecule is COc1cc2c(c(OC)c1OC)-c1c(cc(OC)c(OC)c1OC)C2(/N=C/c1cccc(O)c1O)/N=C/c1cccc(O)c1O.[Ni].[Ni]. The summed E-state index contributed by atoms with van der Waals surface area (Å²) in [6.07, 6.45) is 2.72. The van der Waals surface area contributed by atoms with E-state index in [1.165, 1.54) is 67.2 Å². The minimum absolute atomic E-state index is 0. The second kappa shape index (κ2) is 14.7. The zero-order valence-electron chi connectivity index (χ0n) is 26.0. The topological polar surface area (TPSA) is 161 Å². The number of nitrogens with zero attached hydrogens (tertiary/aromatic N) is 2. The molecular weight excluding hydrogens is 702 g/mol. The summed E-state index contributed by atoms with van der Waals surface area (Å²) in [7, 11) is 8.87. The van der Waals surface area contributed by atoms with E-state index in [-0.39, 0.29) is 78.6 Å². The summed E-state index contributed by atoms with van der Waals surface area (Å²) in [5, 5.41) is 41.6. The molecular formula is C33H32N2Ni2O10. The largest absolute Gasteiger partial charge is 0.504 e. The van der Waals surface area contributed by atoms with Gasteiger partial charge in [0, 0.05) is 78.8 Å². The number of aromatic hydroxyl groups is 4. The van der Waals surface area contributed by atoms with Crippen LogP contribution in [-0.4, -0.2) is 75.5 Å². The standard InChI is InChI=1S/C33H32N2O10.2Ni/c1-40-23-13-19-25(31(44-5)29(23)42-3)26-20(14-24(41-2)30(43-4)32(26)45-6)33(19,34-15-17-9-7-11-21(36)27(17)38)35-16-18-10-8-12-22(37)28(18)39;;/h7-16,36-39H,1-6H3;;/b34-15+,35-16+;;. The van der Waals surface area contributed by atoms with Crippen molar-refractivity contribution < 1.29 is 81.8 Å². The van der Waals surface area contributed by atoms with Crippen molar-refractivity contribution in [2.24, 2.45) is 9.98 Å². The van der Waals surface area contributed by atoms with Crippen molar-refractivity contribution in [3.8, 4) is 68.6 Å². The van der Waals surface area contributed by atoms with Crippen LogP contribution in [-0.2, 0) is 38.6 Å². The van der Waals surface area contributed by atoms with Gasteiger partial charge in [0.15, 0.2) is 46.0 Å². The molecule has 0 aliphatic heterocycles. The molecule has 0 unspecified atom stereocenters. The Balaban J connectivity index is 0.00000300. The number of phenolic OH excluding ortho intramolecular Hbond substituents is 4. The van der Waals surface area contributed by atoms with Gasteiger partial charge in [-0.05, 0) is 36.4 Å². The predicted molar refractivity (Wildman–Crippen MR) is 167 cm³/mol. The van der Waals surface area contributed by atoms with Crippen LogP contribution in [0.3, 0.4) is 0 Å². The number of methoxy groups -OCH3 is 6. The van der Waals surface area contributed by atoms with E-state index >= 15 is 0 Å². The Bertz CT molecular complexity index is 1710. The van der Waals surface area contributed by atoms with Gasteiger partial charge in [-0.2, -0.15) is 0 Å². The fourth-order valence-electron chi connectivity index (χ4n) is 5.45. The van der Waals surface area contributed by atoms with Crippen LogP contribution in [0.15, 0.2) is 58.5 Å². The number of ether oxygens (including phenoxy) is 6. The van der Waals surface area contributed by atoms with Crippen molar-refractivity contribution in [3.63, 3.8) is 0 Å². The van der Waals surface area contributed by atoms with Crippen LogP contribution >= 0.6 is 0 Å². The Kier molecular flexibility index (Phi) is 11.5. The second-order valence-corrected chi connectivity index (χ2v) is 9.75. The van der Waals surface area contributed by atoms with Crippen molar-refractivity contribution >= 4 is 12.4 Å². The molecule has 4 N–H and O–H groups in total. The van der Waals surface area contributed by atoms with E-state index in [0.717, 1.165) is 0 Å². The molecule has 0 fully saturated rings. The summed E-state index contributed by atoms with van der Waals surface area (Å²) in [5.74, 6) is 0.297. The molecule has 12 nitrogen and oxygen atoms in total. The maximum Gasteiger partial charge on any atom is 0.203 e. The zero-order chi connectivity index (χ0) is 32.5. The number of hydrogen-bond acceptors (Lipinski definition) is 12. The first-order valence-electron chi connectivity index (χ1n) is 13.5. The number of aliphatic imine (C=N–C) groups is 2. The van der Waals surface area contributed by atoms with Crippen molar-refractivity contribution in [3.05, 3.63) is 70.8 Å². The van der Waals surface area contributed by atoms with Gasteiger partial charge in [0.25, 0.3) is 0 Å². The molecule has 47 heavy (non-hydrogen) atoms. The van der Waals surface area contributed by atoms with Gasteiger partial charge in [0.2, 0.25) is 17.2 Å². The molecule has 0 amide bonds. The molecule has 0 heterocycles. The van der Waals surface area contributed by atoms with E-state index < -0.39 is 5.66 Å². The quantitative estimate of drug-likeness (QED) is 0.0995. The first-order valence-corrected chi connectivity index (χ1v) is 13.5. The Labute approximate surface area is 291 Å². The van der Waals surface area contributed by atoms with E-state index in [4.69, 9.17) is 38.4 Å². The smallest absolute Gasteiger partial charge is 0.203 e. The molecule has 0 atom stereocenters. The number of fused-ring (bicyclic) bond motifs is 3. The summed E-state index contributed by atoms with van der Waals surface area (Å²) in [6.45, 7) is 0. The van der Waals surface area contributed by atoms with Crippen molar-refractivity contribution in [1.29, 1.82) is 0 Å². The van der Waals surface area contributed by atoms with Crippen molar-refractivity contribution in [2.45, 2.75) is 5.66 Å². The van der Waals surface area contributed by atoms with Crippen LogP contribution in [0.1, 0.15) is 22.3 Å². The van der Waals surface area contributed by atoms with Gasteiger partial charge in [-0.3, -0.25) is 9.98 Å². The van der Waals surface area contributed by atoms with Crippen LogP contribution in [0, 0.1) is 0 Å². The number of rotatable bonds is 10. The fourth-order valence-corrected chi connectivity index (χ4v) is 5.45. The molecule has 14 heteroatoms. The summed E-state index contributed by atoms with van der Waals surface area (Å²) < 4.78 is 34.7. The maximum atomic E-state index is 10.6. The molecule has 0 saturated carbocycles. The third-order valence-electron chi connectivity index (χ3n) is 7.53. The van der Waals surface area contributed by atoms with Gasteiger partial charge in [0.05, 0.1) is 42.7 Å².